The van der Waals surface area contributed by atoms with Crippen molar-refractivity contribution in [1.82, 2.24) is 0 Å². The van der Waals surface area contributed by atoms with E-state index in [2.05, 4.69) is 0 Å². The second kappa shape index (κ2) is 3.95. The van der Waals surface area contributed by atoms with Crippen LogP contribution in [0.15, 0.2) is 12.1 Å². The fraction of sp³-hybridized carbons (Fsp3) is 0.455. The number of benzene rings is 1. The van der Waals surface area contributed by atoms with Gasteiger partial charge in [0.1, 0.15) is 5.82 Å². The molecule has 15 heavy (non-hydrogen) atoms. The van der Waals surface area contributed by atoms with Gasteiger partial charge in [-0.25, -0.2) is 4.39 Å². The molecule has 0 saturated heterocycles. The maximum atomic E-state index is 13.7. The van der Waals surface area contributed by atoms with E-state index in [0.29, 0.717) is 11.1 Å². The first-order valence-electron chi connectivity index (χ1n) is 4.90. The molecule has 0 spiro atoms. The molecule has 0 bridgehead atoms. The van der Waals surface area contributed by atoms with E-state index in [1.165, 1.54) is 6.07 Å². The highest BCUT2D eigenvalue weighted by molar-refractivity contribution is 6.59. The van der Waals surface area contributed by atoms with Crippen molar-refractivity contribution in [3.63, 3.8) is 0 Å². The Morgan fingerprint density at radius 1 is 1.20 bits per heavy atom. The lowest BCUT2D eigenvalue weighted by molar-refractivity contribution is 0.422. The van der Waals surface area contributed by atoms with Crippen molar-refractivity contribution in [3.05, 3.63) is 29.1 Å². The molecular weight excluding hydrogens is 194 g/mol. The largest absolute Gasteiger partial charge is 0.488 e. The number of halogens is 1. The quantitative estimate of drug-likeness (QED) is 0.681. The Hall–Kier alpha value is -0.865. The van der Waals surface area contributed by atoms with Gasteiger partial charge in [-0.15, -0.1) is 0 Å². The number of hydrogen-bond acceptors (Lipinski definition) is 2. The fourth-order valence-electron chi connectivity index (χ4n) is 1.76. The molecule has 0 saturated carbocycles. The van der Waals surface area contributed by atoms with Crippen LogP contribution >= 0.6 is 0 Å². The number of hydrogen-bond donors (Lipinski definition) is 2. The SMILES string of the molecule is Cc1cc(F)c(C(C)(C)C)c(B(O)O)c1. The molecule has 1 rings (SSSR count). The summed E-state index contributed by atoms with van der Waals surface area (Å²) < 4.78 is 13.7. The van der Waals surface area contributed by atoms with Crippen molar-refractivity contribution in [3.8, 4) is 0 Å². The first-order valence-corrected chi connectivity index (χ1v) is 4.90. The highest BCUT2D eigenvalue weighted by Gasteiger charge is 2.27. The molecule has 1 aromatic rings. The summed E-state index contributed by atoms with van der Waals surface area (Å²) in [6, 6.07) is 3.01. The molecule has 0 aliphatic heterocycles. The van der Waals surface area contributed by atoms with Crippen molar-refractivity contribution in [2.45, 2.75) is 33.1 Å². The molecule has 0 radical (unpaired) electrons. The van der Waals surface area contributed by atoms with Crippen LogP contribution in [0.5, 0.6) is 0 Å². The van der Waals surface area contributed by atoms with Crippen LogP contribution in [-0.4, -0.2) is 17.2 Å². The van der Waals surface area contributed by atoms with Gasteiger partial charge < -0.3 is 10.0 Å². The van der Waals surface area contributed by atoms with Crippen molar-refractivity contribution < 1.29 is 14.4 Å². The molecular formula is C11H16BFO2. The van der Waals surface area contributed by atoms with Crippen LogP contribution < -0.4 is 5.46 Å². The topological polar surface area (TPSA) is 40.5 Å². The van der Waals surface area contributed by atoms with Gasteiger partial charge >= 0.3 is 7.12 Å². The summed E-state index contributed by atoms with van der Waals surface area (Å²) in [4.78, 5) is 0. The van der Waals surface area contributed by atoms with Crippen LogP contribution in [0.25, 0.3) is 0 Å². The fourth-order valence-corrected chi connectivity index (χ4v) is 1.76. The maximum absolute atomic E-state index is 13.7. The molecule has 2 N–H and O–H groups in total. The van der Waals surface area contributed by atoms with E-state index in [0.717, 1.165) is 0 Å². The molecule has 0 fully saturated rings. The van der Waals surface area contributed by atoms with Gasteiger partial charge in [-0.3, -0.25) is 0 Å². The summed E-state index contributed by atoms with van der Waals surface area (Å²) in [6.45, 7) is 7.24. The van der Waals surface area contributed by atoms with Crippen LogP contribution in [0.1, 0.15) is 31.9 Å². The second-order valence-corrected chi connectivity index (χ2v) is 4.83. The van der Waals surface area contributed by atoms with Gasteiger partial charge in [0.15, 0.2) is 0 Å². The van der Waals surface area contributed by atoms with Crippen LogP contribution in [0.3, 0.4) is 0 Å². The van der Waals surface area contributed by atoms with Gasteiger partial charge in [0.2, 0.25) is 0 Å². The van der Waals surface area contributed by atoms with Gasteiger partial charge in [0, 0.05) is 0 Å². The van der Waals surface area contributed by atoms with E-state index < -0.39 is 12.5 Å². The van der Waals surface area contributed by atoms with Crippen LogP contribution in [0.2, 0.25) is 0 Å². The number of rotatable bonds is 1. The monoisotopic (exact) mass is 210 g/mol. The van der Waals surface area contributed by atoms with Crippen molar-refractivity contribution >= 4 is 12.6 Å². The summed E-state index contributed by atoms with van der Waals surface area (Å²) >= 11 is 0. The predicted octanol–water partition coefficient (Wildman–Crippen LogP) is 1.11. The standard InChI is InChI=1S/C11H16BFO2/c1-7-5-8(12(14)15)10(9(13)6-7)11(2,3)4/h5-6,14-15H,1-4H3. The Kier molecular flexibility index (Phi) is 3.21. The van der Waals surface area contributed by atoms with Crippen LogP contribution in [0, 0.1) is 12.7 Å². The van der Waals surface area contributed by atoms with Gasteiger partial charge in [0.05, 0.1) is 0 Å². The molecule has 2 nitrogen and oxygen atoms in total. The molecule has 0 atom stereocenters. The third-order valence-corrected chi connectivity index (χ3v) is 2.29. The van der Waals surface area contributed by atoms with Gasteiger partial charge in [-0.1, -0.05) is 26.8 Å². The smallest absolute Gasteiger partial charge is 0.423 e. The Bertz CT molecular complexity index is 370. The van der Waals surface area contributed by atoms with Gasteiger partial charge in [-0.05, 0) is 35.0 Å². The molecule has 0 amide bonds. The lowest BCUT2D eigenvalue weighted by Crippen LogP contribution is -2.38. The summed E-state index contributed by atoms with van der Waals surface area (Å²) in [7, 11) is -1.63. The Morgan fingerprint density at radius 2 is 1.73 bits per heavy atom. The minimum atomic E-state index is -1.63. The Labute approximate surface area is 89.9 Å². The van der Waals surface area contributed by atoms with E-state index in [-0.39, 0.29) is 11.3 Å². The normalized spacial score (nSPS) is 11.7. The summed E-state index contributed by atoms with van der Waals surface area (Å²) in [6.07, 6.45) is 0. The number of aryl methyl sites for hydroxylation is 1. The minimum Gasteiger partial charge on any atom is -0.423 e. The molecule has 4 heteroatoms. The molecule has 0 aromatic heterocycles. The molecule has 1 aromatic carbocycles. The van der Waals surface area contributed by atoms with E-state index >= 15 is 0 Å². The molecule has 82 valence electrons. The zero-order chi connectivity index (χ0) is 11.8. The molecule has 0 heterocycles. The lowest BCUT2D eigenvalue weighted by Gasteiger charge is -2.24. The van der Waals surface area contributed by atoms with Crippen LogP contribution in [0.4, 0.5) is 4.39 Å². The lowest BCUT2D eigenvalue weighted by atomic mass is 9.69. The van der Waals surface area contributed by atoms with E-state index in [1.807, 2.05) is 20.8 Å². The zero-order valence-corrected chi connectivity index (χ0v) is 9.50. The average Bonchev–Trinajstić information content (AvgIpc) is 1.99. The molecule has 0 aliphatic carbocycles. The first kappa shape index (κ1) is 12.2. The van der Waals surface area contributed by atoms with Crippen LogP contribution in [-0.2, 0) is 5.41 Å². The highest BCUT2D eigenvalue weighted by Crippen LogP contribution is 2.24. The summed E-state index contributed by atoms with van der Waals surface area (Å²) in [5.74, 6) is -0.384. The van der Waals surface area contributed by atoms with Crippen molar-refractivity contribution in [1.29, 1.82) is 0 Å². The Morgan fingerprint density at radius 3 is 2.13 bits per heavy atom. The summed E-state index contributed by atoms with van der Waals surface area (Å²) in [5, 5.41) is 18.4. The Balaban J connectivity index is 3.48. The van der Waals surface area contributed by atoms with Gasteiger partial charge in [-0.2, -0.15) is 0 Å². The first-order chi connectivity index (χ1) is 6.73. The highest BCUT2D eigenvalue weighted by atomic mass is 19.1. The van der Waals surface area contributed by atoms with Crippen molar-refractivity contribution in [2.24, 2.45) is 0 Å². The summed E-state index contributed by atoms with van der Waals surface area (Å²) in [5.41, 5.74) is 0.850. The average molecular weight is 210 g/mol. The third-order valence-electron chi connectivity index (χ3n) is 2.29. The molecule has 0 unspecified atom stereocenters. The zero-order valence-electron chi connectivity index (χ0n) is 9.50. The third kappa shape index (κ3) is 2.58. The van der Waals surface area contributed by atoms with Crippen molar-refractivity contribution in [2.75, 3.05) is 0 Å². The van der Waals surface area contributed by atoms with Gasteiger partial charge in [0.25, 0.3) is 0 Å². The van der Waals surface area contributed by atoms with E-state index in [4.69, 9.17) is 0 Å². The van der Waals surface area contributed by atoms with E-state index in [1.54, 1.807) is 13.0 Å². The second-order valence-electron chi connectivity index (χ2n) is 4.83. The van der Waals surface area contributed by atoms with E-state index in [9.17, 15) is 14.4 Å². The predicted molar refractivity (Wildman–Crippen MR) is 59.7 cm³/mol. The molecule has 0 aliphatic rings. The minimum absolute atomic E-state index is 0.250. The maximum Gasteiger partial charge on any atom is 0.488 e.